The minimum Gasteiger partial charge on any atom is -0.461 e. The molecule has 1 N–H and O–H groups in total. The smallest absolute Gasteiger partial charge is 0.359 e. The quantitative estimate of drug-likeness (QED) is 0.832. The van der Waals surface area contributed by atoms with Crippen molar-refractivity contribution in [2.24, 2.45) is 0 Å². The van der Waals surface area contributed by atoms with Crippen molar-refractivity contribution in [1.82, 2.24) is 15.1 Å². The first-order chi connectivity index (χ1) is 9.17. The summed E-state index contributed by atoms with van der Waals surface area (Å²) in [6, 6.07) is 0. The molecule has 1 aliphatic rings. The van der Waals surface area contributed by atoms with E-state index in [0.29, 0.717) is 38.2 Å². The second-order valence-corrected chi connectivity index (χ2v) is 4.57. The third-order valence-corrected chi connectivity index (χ3v) is 3.22. The van der Waals surface area contributed by atoms with Gasteiger partial charge in [-0.1, -0.05) is 6.92 Å². The topological polar surface area (TPSA) is 75.3 Å². The summed E-state index contributed by atoms with van der Waals surface area (Å²) in [5.74, 6) is -0.297. The van der Waals surface area contributed by atoms with Crippen LogP contribution in [-0.2, 0) is 22.5 Å². The first-order valence-electron chi connectivity index (χ1n) is 6.68. The number of rotatable bonds is 4. The lowest BCUT2D eigenvalue weighted by Crippen LogP contribution is -2.36. The number of aromatic amines is 1. The van der Waals surface area contributed by atoms with Crippen LogP contribution in [0.3, 0.4) is 0 Å². The molecular weight excluding hydrogens is 246 g/mol. The van der Waals surface area contributed by atoms with Crippen LogP contribution in [0.2, 0.25) is 0 Å². The lowest BCUT2D eigenvalue weighted by molar-refractivity contribution is -0.132. The third kappa shape index (κ3) is 2.77. The van der Waals surface area contributed by atoms with Crippen LogP contribution in [-0.4, -0.2) is 40.1 Å². The van der Waals surface area contributed by atoms with Gasteiger partial charge in [0, 0.05) is 37.2 Å². The van der Waals surface area contributed by atoms with E-state index in [2.05, 4.69) is 10.2 Å². The molecule has 1 aromatic rings. The fourth-order valence-electron chi connectivity index (χ4n) is 2.25. The van der Waals surface area contributed by atoms with Crippen molar-refractivity contribution in [3.8, 4) is 0 Å². The Morgan fingerprint density at radius 2 is 2.21 bits per heavy atom. The second-order valence-electron chi connectivity index (χ2n) is 4.57. The standard InChI is InChI=1S/C13H19N3O3/c1-3-5-11(17)16-7-6-10-9(8-16)12(15-14-10)13(18)19-4-2/h3-8H2,1-2H3,(H,14,15). The van der Waals surface area contributed by atoms with Crippen molar-refractivity contribution >= 4 is 11.9 Å². The number of hydrogen-bond acceptors (Lipinski definition) is 4. The van der Waals surface area contributed by atoms with Gasteiger partial charge in [0.15, 0.2) is 5.69 Å². The molecule has 0 aromatic carbocycles. The Morgan fingerprint density at radius 1 is 1.42 bits per heavy atom. The Labute approximate surface area is 112 Å². The van der Waals surface area contributed by atoms with Crippen molar-refractivity contribution in [2.75, 3.05) is 13.2 Å². The van der Waals surface area contributed by atoms with Crippen LogP contribution in [0.25, 0.3) is 0 Å². The molecule has 0 unspecified atom stereocenters. The van der Waals surface area contributed by atoms with Crippen LogP contribution in [0.4, 0.5) is 0 Å². The molecule has 0 bridgehead atoms. The summed E-state index contributed by atoms with van der Waals surface area (Å²) in [6.07, 6.45) is 2.08. The predicted octanol–water partition coefficient (Wildman–Crippen LogP) is 1.27. The first-order valence-corrected chi connectivity index (χ1v) is 6.68. The molecule has 0 saturated heterocycles. The molecule has 0 aliphatic carbocycles. The Hall–Kier alpha value is -1.85. The highest BCUT2D eigenvalue weighted by molar-refractivity contribution is 5.89. The molecule has 0 spiro atoms. The maximum atomic E-state index is 11.9. The van der Waals surface area contributed by atoms with Crippen molar-refractivity contribution in [3.63, 3.8) is 0 Å². The van der Waals surface area contributed by atoms with Gasteiger partial charge in [0.2, 0.25) is 5.91 Å². The average molecular weight is 265 g/mol. The molecule has 0 radical (unpaired) electrons. The third-order valence-electron chi connectivity index (χ3n) is 3.22. The van der Waals surface area contributed by atoms with E-state index in [4.69, 9.17) is 4.74 Å². The van der Waals surface area contributed by atoms with Gasteiger partial charge in [-0.2, -0.15) is 5.10 Å². The van der Waals surface area contributed by atoms with Crippen LogP contribution in [0.1, 0.15) is 48.4 Å². The Balaban J connectivity index is 2.16. The van der Waals surface area contributed by atoms with E-state index < -0.39 is 5.97 Å². The average Bonchev–Trinajstić information content (AvgIpc) is 2.82. The Morgan fingerprint density at radius 3 is 2.89 bits per heavy atom. The minimum atomic E-state index is -0.426. The Kier molecular flexibility index (Phi) is 4.19. The SMILES string of the molecule is CCCC(=O)N1CCc2[nH]nc(C(=O)OCC)c2C1. The molecule has 0 fully saturated rings. The fourth-order valence-corrected chi connectivity index (χ4v) is 2.25. The van der Waals surface area contributed by atoms with E-state index in [-0.39, 0.29) is 5.91 Å². The highest BCUT2D eigenvalue weighted by Gasteiger charge is 2.27. The number of carbonyl (C=O) groups is 2. The van der Waals surface area contributed by atoms with Crippen LogP contribution in [0, 0.1) is 0 Å². The molecule has 2 rings (SSSR count). The van der Waals surface area contributed by atoms with E-state index in [9.17, 15) is 9.59 Å². The number of nitrogens with zero attached hydrogens (tertiary/aromatic N) is 2. The van der Waals surface area contributed by atoms with E-state index in [0.717, 1.165) is 17.7 Å². The van der Waals surface area contributed by atoms with E-state index in [1.54, 1.807) is 11.8 Å². The fraction of sp³-hybridized carbons (Fsp3) is 0.615. The normalized spacial score (nSPS) is 14.1. The van der Waals surface area contributed by atoms with Crippen LogP contribution in [0.5, 0.6) is 0 Å². The highest BCUT2D eigenvalue weighted by Crippen LogP contribution is 2.21. The molecule has 6 heteroatoms. The lowest BCUT2D eigenvalue weighted by Gasteiger charge is -2.26. The van der Waals surface area contributed by atoms with Gasteiger partial charge in [0.1, 0.15) is 0 Å². The number of carbonyl (C=O) groups excluding carboxylic acids is 2. The summed E-state index contributed by atoms with van der Waals surface area (Å²) in [7, 11) is 0. The van der Waals surface area contributed by atoms with Gasteiger partial charge >= 0.3 is 5.97 Å². The maximum absolute atomic E-state index is 11.9. The molecule has 6 nitrogen and oxygen atoms in total. The molecule has 19 heavy (non-hydrogen) atoms. The van der Waals surface area contributed by atoms with Crippen molar-refractivity contribution < 1.29 is 14.3 Å². The van der Waals surface area contributed by atoms with Crippen LogP contribution >= 0.6 is 0 Å². The molecule has 2 heterocycles. The van der Waals surface area contributed by atoms with Gasteiger partial charge in [-0.15, -0.1) is 0 Å². The number of H-pyrrole nitrogens is 1. The van der Waals surface area contributed by atoms with Gasteiger partial charge in [-0.05, 0) is 13.3 Å². The molecule has 1 aromatic heterocycles. The largest absolute Gasteiger partial charge is 0.461 e. The second kappa shape index (κ2) is 5.86. The zero-order valence-electron chi connectivity index (χ0n) is 11.4. The van der Waals surface area contributed by atoms with Gasteiger partial charge in [-0.25, -0.2) is 4.79 Å². The summed E-state index contributed by atoms with van der Waals surface area (Å²) in [5.41, 5.74) is 2.05. The summed E-state index contributed by atoms with van der Waals surface area (Å²) in [5, 5.41) is 6.89. The number of fused-ring (bicyclic) bond motifs is 1. The van der Waals surface area contributed by atoms with Gasteiger partial charge in [-0.3, -0.25) is 9.89 Å². The number of nitrogens with one attached hydrogen (secondary N) is 1. The summed E-state index contributed by atoms with van der Waals surface area (Å²) in [6.45, 7) is 5.18. The maximum Gasteiger partial charge on any atom is 0.359 e. The number of ether oxygens (including phenoxy) is 1. The molecule has 0 atom stereocenters. The van der Waals surface area contributed by atoms with Gasteiger partial charge in [0.05, 0.1) is 6.61 Å². The first kappa shape index (κ1) is 13.6. The lowest BCUT2D eigenvalue weighted by atomic mass is 10.0. The Bertz CT molecular complexity index is 481. The monoisotopic (exact) mass is 265 g/mol. The summed E-state index contributed by atoms with van der Waals surface area (Å²) < 4.78 is 4.97. The number of amides is 1. The van der Waals surface area contributed by atoms with Crippen molar-refractivity contribution in [2.45, 2.75) is 39.7 Å². The number of aromatic nitrogens is 2. The zero-order chi connectivity index (χ0) is 13.8. The molecule has 104 valence electrons. The minimum absolute atomic E-state index is 0.129. The van der Waals surface area contributed by atoms with Gasteiger partial charge < -0.3 is 9.64 Å². The summed E-state index contributed by atoms with van der Waals surface area (Å²) in [4.78, 5) is 25.5. The molecule has 0 saturated carbocycles. The zero-order valence-corrected chi connectivity index (χ0v) is 11.4. The molecule has 1 aliphatic heterocycles. The van der Waals surface area contributed by atoms with Crippen LogP contribution < -0.4 is 0 Å². The summed E-state index contributed by atoms with van der Waals surface area (Å²) >= 11 is 0. The number of esters is 1. The number of hydrogen-bond donors (Lipinski definition) is 1. The van der Waals surface area contributed by atoms with Crippen molar-refractivity contribution in [1.29, 1.82) is 0 Å². The molecule has 1 amide bonds. The van der Waals surface area contributed by atoms with E-state index in [1.165, 1.54) is 0 Å². The van der Waals surface area contributed by atoms with Crippen LogP contribution in [0.15, 0.2) is 0 Å². The van der Waals surface area contributed by atoms with Crippen molar-refractivity contribution in [3.05, 3.63) is 17.0 Å². The van der Waals surface area contributed by atoms with E-state index in [1.807, 2.05) is 6.92 Å². The molecular formula is C13H19N3O3. The highest BCUT2D eigenvalue weighted by atomic mass is 16.5. The van der Waals surface area contributed by atoms with Gasteiger partial charge in [0.25, 0.3) is 0 Å². The van der Waals surface area contributed by atoms with E-state index >= 15 is 0 Å². The predicted molar refractivity (Wildman–Crippen MR) is 68.6 cm³/mol.